The van der Waals surface area contributed by atoms with Gasteiger partial charge < -0.3 is 10.1 Å². The van der Waals surface area contributed by atoms with Gasteiger partial charge in [-0.05, 0) is 42.7 Å². The quantitative estimate of drug-likeness (QED) is 0.885. The Kier molecular flexibility index (Phi) is 5.53. The summed E-state index contributed by atoms with van der Waals surface area (Å²) in [5.74, 6) is 0.255. The first-order chi connectivity index (χ1) is 10.6. The molecule has 1 N–H and O–H groups in total. The van der Waals surface area contributed by atoms with Gasteiger partial charge in [-0.3, -0.25) is 4.79 Å². The predicted molar refractivity (Wildman–Crippen MR) is 84.1 cm³/mol. The zero-order valence-electron chi connectivity index (χ0n) is 12.8. The Labute approximate surface area is 130 Å². The third-order valence-electron chi connectivity index (χ3n) is 3.41. The smallest absolute Gasteiger partial charge is 0.261 e. The van der Waals surface area contributed by atoms with Gasteiger partial charge in [-0.1, -0.05) is 37.3 Å². The first kappa shape index (κ1) is 16.0. The van der Waals surface area contributed by atoms with E-state index < -0.39 is 6.10 Å². The first-order valence-electron chi connectivity index (χ1n) is 7.34. The van der Waals surface area contributed by atoms with Crippen LogP contribution in [0.1, 0.15) is 24.5 Å². The van der Waals surface area contributed by atoms with Gasteiger partial charge in [0, 0.05) is 6.54 Å². The molecule has 22 heavy (non-hydrogen) atoms. The van der Waals surface area contributed by atoms with Crippen molar-refractivity contribution in [2.45, 2.75) is 32.9 Å². The van der Waals surface area contributed by atoms with Gasteiger partial charge in [0.15, 0.2) is 6.10 Å². The van der Waals surface area contributed by atoms with Crippen LogP contribution in [0.15, 0.2) is 48.5 Å². The summed E-state index contributed by atoms with van der Waals surface area (Å²) in [7, 11) is 0. The number of carbonyl (C=O) groups excluding carboxylic acids is 1. The number of halogens is 1. The van der Waals surface area contributed by atoms with E-state index in [9.17, 15) is 9.18 Å². The highest BCUT2D eigenvalue weighted by Gasteiger charge is 2.18. The molecule has 0 heterocycles. The molecule has 1 unspecified atom stereocenters. The molecule has 0 spiro atoms. The van der Waals surface area contributed by atoms with E-state index in [1.54, 1.807) is 12.1 Å². The van der Waals surface area contributed by atoms with Crippen LogP contribution in [0.3, 0.4) is 0 Å². The van der Waals surface area contributed by atoms with E-state index in [0.717, 1.165) is 11.1 Å². The van der Waals surface area contributed by atoms with Crippen LogP contribution in [0.2, 0.25) is 0 Å². The Morgan fingerprint density at radius 2 is 1.86 bits per heavy atom. The van der Waals surface area contributed by atoms with Crippen molar-refractivity contribution >= 4 is 5.91 Å². The van der Waals surface area contributed by atoms with E-state index in [1.165, 1.54) is 12.1 Å². The minimum Gasteiger partial charge on any atom is -0.480 e. The van der Waals surface area contributed by atoms with E-state index in [2.05, 4.69) is 5.32 Å². The van der Waals surface area contributed by atoms with E-state index in [4.69, 9.17) is 4.74 Å². The van der Waals surface area contributed by atoms with Gasteiger partial charge in [0.05, 0.1) is 0 Å². The van der Waals surface area contributed by atoms with E-state index in [-0.39, 0.29) is 11.7 Å². The fourth-order valence-electron chi connectivity index (χ4n) is 2.07. The number of amides is 1. The van der Waals surface area contributed by atoms with Gasteiger partial charge in [-0.15, -0.1) is 0 Å². The third kappa shape index (κ3) is 4.32. The lowest BCUT2D eigenvalue weighted by Gasteiger charge is -2.18. The normalized spacial score (nSPS) is 11.8. The Bertz CT molecular complexity index is 625. The third-order valence-corrected chi connectivity index (χ3v) is 3.41. The Morgan fingerprint density at radius 3 is 2.50 bits per heavy atom. The molecule has 2 rings (SSSR count). The molecule has 0 bridgehead atoms. The maximum absolute atomic E-state index is 12.8. The van der Waals surface area contributed by atoms with Crippen molar-refractivity contribution in [3.05, 3.63) is 65.5 Å². The second-order valence-corrected chi connectivity index (χ2v) is 5.12. The van der Waals surface area contributed by atoms with Gasteiger partial charge in [-0.25, -0.2) is 4.39 Å². The van der Waals surface area contributed by atoms with Crippen LogP contribution >= 0.6 is 0 Å². The van der Waals surface area contributed by atoms with Crippen LogP contribution in [-0.4, -0.2) is 12.0 Å². The number of rotatable bonds is 6. The first-order valence-corrected chi connectivity index (χ1v) is 7.34. The van der Waals surface area contributed by atoms with Crippen LogP contribution in [0.4, 0.5) is 4.39 Å². The lowest BCUT2D eigenvalue weighted by molar-refractivity contribution is -0.128. The molecular weight excluding hydrogens is 281 g/mol. The number of ether oxygens (including phenoxy) is 1. The molecule has 3 nitrogen and oxygen atoms in total. The Balaban J connectivity index is 1.94. The van der Waals surface area contributed by atoms with Crippen LogP contribution in [0.25, 0.3) is 0 Å². The average Bonchev–Trinajstić information content (AvgIpc) is 2.53. The lowest BCUT2D eigenvalue weighted by Crippen LogP contribution is -2.37. The molecule has 1 atom stereocenters. The van der Waals surface area contributed by atoms with Crippen molar-refractivity contribution in [1.82, 2.24) is 5.32 Å². The summed E-state index contributed by atoms with van der Waals surface area (Å²) in [5, 5.41) is 2.82. The number of aryl methyl sites for hydroxylation is 1. The predicted octanol–water partition coefficient (Wildman–Crippen LogP) is 3.61. The molecule has 0 radical (unpaired) electrons. The molecule has 0 aromatic heterocycles. The summed E-state index contributed by atoms with van der Waals surface area (Å²) in [6, 6.07) is 13.7. The van der Waals surface area contributed by atoms with Crippen LogP contribution in [0.5, 0.6) is 5.75 Å². The monoisotopic (exact) mass is 301 g/mol. The van der Waals surface area contributed by atoms with Gasteiger partial charge in [0.25, 0.3) is 5.91 Å². The van der Waals surface area contributed by atoms with E-state index >= 15 is 0 Å². The van der Waals surface area contributed by atoms with Crippen molar-refractivity contribution in [2.75, 3.05) is 0 Å². The molecule has 0 aliphatic heterocycles. The molecule has 0 aliphatic rings. The number of hydrogen-bond acceptors (Lipinski definition) is 2. The molecule has 1 amide bonds. The second kappa shape index (κ2) is 7.59. The number of hydrogen-bond donors (Lipinski definition) is 1. The zero-order valence-corrected chi connectivity index (χ0v) is 12.8. The van der Waals surface area contributed by atoms with Gasteiger partial charge in [0.1, 0.15) is 11.6 Å². The zero-order chi connectivity index (χ0) is 15.9. The van der Waals surface area contributed by atoms with Crippen LogP contribution in [-0.2, 0) is 11.3 Å². The lowest BCUT2D eigenvalue weighted by atomic mass is 10.2. The summed E-state index contributed by atoms with van der Waals surface area (Å²) in [5.41, 5.74) is 1.84. The average molecular weight is 301 g/mol. The number of nitrogens with one attached hydrogen (secondary N) is 1. The fraction of sp³-hybridized carbons (Fsp3) is 0.278. The minimum atomic E-state index is -0.540. The molecule has 0 aliphatic carbocycles. The SMILES string of the molecule is CCC(Oc1ccccc1C)C(=O)NCc1ccc(F)cc1. The summed E-state index contributed by atoms with van der Waals surface area (Å²) in [6.45, 7) is 4.20. The summed E-state index contributed by atoms with van der Waals surface area (Å²) in [4.78, 5) is 12.2. The largest absolute Gasteiger partial charge is 0.480 e. The van der Waals surface area contributed by atoms with E-state index in [1.807, 2.05) is 38.1 Å². The van der Waals surface area contributed by atoms with Crippen LogP contribution < -0.4 is 10.1 Å². The molecule has 0 fully saturated rings. The van der Waals surface area contributed by atoms with Crippen molar-refractivity contribution in [1.29, 1.82) is 0 Å². The molecule has 116 valence electrons. The molecule has 0 saturated carbocycles. The molecule has 0 saturated heterocycles. The van der Waals surface area contributed by atoms with E-state index in [0.29, 0.717) is 18.7 Å². The van der Waals surface area contributed by atoms with Crippen molar-refractivity contribution in [3.8, 4) is 5.75 Å². The topological polar surface area (TPSA) is 38.3 Å². The Hall–Kier alpha value is -2.36. The summed E-state index contributed by atoms with van der Waals surface area (Å²) < 4.78 is 18.6. The second-order valence-electron chi connectivity index (χ2n) is 5.12. The fourth-order valence-corrected chi connectivity index (χ4v) is 2.07. The number of para-hydroxylation sites is 1. The van der Waals surface area contributed by atoms with Gasteiger partial charge in [-0.2, -0.15) is 0 Å². The molecule has 4 heteroatoms. The van der Waals surface area contributed by atoms with Gasteiger partial charge in [0.2, 0.25) is 0 Å². The molecule has 2 aromatic rings. The highest BCUT2D eigenvalue weighted by atomic mass is 19.1. The van der Waals surface area contributed by atoms with Crippen LogP contribution in [0, 0.1) is 12.7 Å². The molecule has 2 aromatic carbocycles. The summed E-state index contributed by atoms with van der Waals surface area (Å²) in [6.07, 6.45) is 0.0328. The summed E-state index contributed by atoms with van der Waals surface area (Å²) >= 11 is 0. The van der Waals surface area contributed by atoms with Crippen molar-refractivity contribution < 1.29 is 13.9 Å². The minimum absolute atomic E-state index is 0.171. The number of carbonyl (C=O) groups is 1. The Morgan fingerprint density at radius 1 is 1.18 bits per heavy atom. The highest BCUT2D eigenvalue weighted by Crippen LogP contribution is 2.18. The maximum Gasteiger partial charge on any atom is 0.261 e. The highest BCUT2D eigenvalue weighted by molar-refractivity contribution is 5.81. The molecular formula is C18H20FNO2. The maximum atomic E-state index is 12.8. The van der Waals surface area contributed by atoms with Crippen molar-refractivity contribution in [3.63, 3.8) is 0 Å². The standard InChI is InChI=1S/C18H20FNO2/c1-3-16(22-17-7-5-4-6-13(17)2)18(21)20-12-14-8-10-15(19)11-9-14/h4-11,16H,3,12H2,1-2H3,(H,20,21). The number of benzene rings is 2. The van der Waals surface area contributed by atoms with Crippen molar-refractivity contribution in [2.24, 2.45) is 0 Å². The van der Waals surface area contributed by atoms with Gasteiger partial charge >= 0.3 is 0 Å².